The van der Waals surface area contributed by atoms with Crippen LogP contribution in [-0.4, -0.2) is 27.6 Å². The minimum absolute atomic E-state index is 0.0727. The van der Waals surface area contributed by atoms with E-state index in [1.54, 1.807) is 15.8 Å². The van der Waals surface area contributed by atoms with Gasteiger partial charge in [0, 0.05) is 38.0 Å². The Bertz CT molecular complexity index is 645. The number of benzene rings is 1. The first-order valence-electron chi connectivity index (χ1n) is 6.98. The lowest BCUT2D eigenvalue weighted by molar-refractivity contribution is 0.0785. The van der Waals surface area contributed by atoms with Crippen molar-refractivity contribution < 1.29 is 4.79 Å². The summed E-state index contributed by atoms with van der Waals surface area (Å²) in [5.74, 6) is 0.0727. The van der Waals surface area contributed by atoms with Gasteiger partial charge in [-0.25, -0.2) is 0 Å². The highest BCUT2D eigenvalue weighted by Gasteiger charge is 2.16. The van der Waals surface area contributed by atoms with Crippen LogP contribution in [0.5, 0.6) is 0 Å². The number of aryl methyl sites for hydroxylation is 3. The van der Waals surface area contributed by atoms with Crippen molar-refractivity contribution in [2.24, 2.45) is 7.05 Å². The van der Waals surface area contributed by atoms with Crippen LogP contribution in [0.1, 0.15) is 33.5 Å². The van der Waals surface area contributed by atoms with Gasteiger partial charge >= 0.3 is 0 Å². The van der Waals surface area contributed by atoms with Crippen molar-refractivity contribution in [2.75, 3.05) is 7.05 Å². The second kappa shape index (κ2) is 5.12. The second-order valence-electron chi connectivity index (χ2n) is 5.52. The molecule has 0 saturated heterocycles. The van der Waals surface area contributed by atoms with Gasteiger partial charge in [-0.05, 0) is 42.5 Å². The lowest BCUT2D eigenvalue weighted by Gasteiger charge is -2.16. The number of hydrogen-bond donors (Lipinski definition) is 0. The predicted octanol–water partition coefficient (Wildman–Crippen LogP) is 2.18. The van der Waals surface area contributed by atoms with E-state index in [9.17, 15) is 4.79 Å². The van der Waals surface area contributed by atoms with E-state index in [1.807, 2.05) is 26.4 Å². The highest BCUT2D eigenvalue weighted by molar-refractivity contribution is 5.94. The van der Waals surface area contributed by atoms with E-state index < -0.39 is 0 Å². The number of hydrogen-bond acceptors (Lipinski definition) is 2. The van der Waals surface area contributed by atoms with Crippen molar-refractivity contribution in [1.82, 2.24) is 14.7 Å². The van der Waals surface area contributed by atoms with Crippen molar-refractivity contribution in [1.29, 1.82) is 0 Å². The fourth-order valence-electron chi connectivity index (χ4n) is 2.82. The fourth-order valence-corrected chi connectivity index (χ4v) is 2.82. The molecule has 0 spiro atoms. The summed E-state index contributed by atoms with van der Waals surface area (Å²) in [4.78, 5) is 14.2. The third kappa shape index (κ3) is 2.46. The maximum Gasteiger partial charge on any atom is 0.253 e. The number of amides is 1. The molecule has 1 aliphatic rings. The average Bonchev–Trinajstić information content (AvgIpc) is 3.05. The maximum absolute atomic E-state index is 12.5. The molecule has 1 aliphatic carbocycles. The van der Waals surface area contributed by atoms with Gasteiger partial charge in [0.2, 0.25) is 0 Å². The Morgan fingerprint density at radius 2 is 2.15 bits per heavy atom. The molecule has 0 unspecified atom stereocenters. The quantitative estimate of drug-likeness (QED) is 0.856. The van der Waals surface area contributed by atoms with Crippen LogP contribution < -0.4 is 0 Å². The van der Waals surface area contributed by atoms with Gasteiger partial charge in [0.05, 0.1) is 6.20 Å². The van der Waals surface area contributed by atoms with E-state index in [0.29, 0.717) is 6.54 Å². The molecule has 1 aromatic heterocycles. The van der Waals surface area contributed by atoms with Gasteiger partial charge in [0.1, 0.15) is 0 Å². The summed E-state index contributed by atoms with van der Waals surface area (Å²) in [7, 11) is 3.72. The summed E-state index contributed by atoms with van der Waals surface area (Å²) in [5.41, 5.74) is 4.57. The van der Waals surface area contributed by atoms with Crippen LogP contribution in [0.3, 0.4) is 0 Å². The van der Waals surface area contributed by atoms with Crippen molar-refractivity contribution >= 4 is 5.91 Å². The van der Waals surface area contributed by atoms with E-state index in [0.717, 1.165) is 24.0 Å². The molecule has 0 bridgehead atoms. The number of rotatable bonds is 3. The highest BCUT2D eigenvalue weighted by Crippen LogP contribution is 2.23. The van der Waals surface area contributed by atoms with Crippen molar-refractivity contribution in [3.8, 4) is 0 Å². The Balaban J connectivity index is 1.74. The summed E-state index contributed by atoms with van der Waals surface area (Å²) >= 11 is 0. The number of fused-ring (bicyclic) bond motifs is 1. The minimum Gasteiger partial charge on any atom is -0.337 e. The molecule has 4 nitrogen and oxygen atoms in total. The SMILES string of the molecule is CN(Cc1cnn(C)c1)C(=O)c1ccc2c(c1)CCC2. The van der Waals surface area contributed by atoms with Crippen LogP contribution in [0, 0.1) is 0 Å². The van der Waals surface area contributed by atoms with E-state index in [4.69, 9.17) is 0 Å². The summed E-state index contributed by atoms with van der Waals surface area (Å²) in [6.07, 6.45) is 7.19. The molecule has 3 rings (SSSR count). The lowest BCUT2D eigenvalue weighted by Crippen LogP contribution is -2.26. The van der Waals surface area contributed by atoms with Gasteiger partial charge in [-0.2, -0.15) is 5.10 Å². The number of carbonyl (C=O) groups excluding carboxylic acids is 1. The molecule has 0 aliphatic heterocycles. The van der Waals surface area contributed by atoms with Gasteiger partial charge in [0.25, 0.3) is 5.91 Å². The van der Waals surface area contributed by atoms with Crippen LogP contribution in [0.2, 0.25) is 0 Å². The first kappa shape index (κ1) is 12.9. The van der Waals surface area contributed by atoms with Gasteiger partial charge in [0.15, 0.2) is 0 Å². The molecule has 1 aromatic carbocycles. The van der Waals surface area contributed by atoms with E-state index in [2.05, 4.69) is 17.2 Å². The predicted molar refractivity (Wildman–Crippen MR) is 77.5 cm³/mol. The monoisotopic (exact) mass is 269 g/mol. The Morgan fingerprint density at radius 1 is 1.35 bits per heavy atom. The average molecular weight is 269 g/mol. The first-order valence-corrected chi connectivity index (χ1v) is 6.98. The van der Waals surface area contributed by atoms with Gasteiger partial charge in [-0.1, -0.05) is 6.07 Å². The number of nitrogens with zero attached hydrogens (tertiary/aromatic N) is 3. The molecule has 2 aromatic rings. The Hall–Kier alpha value is -2.10. The molecule has 1 amide bonds. The molecule has 1 heterocycles. The molecule has 0 atom stereocenters. The van der Waals surface area contributed by atoms with Crippen LogP contribution in [0.4, 0.5) is 0 Å². The molecule has 20 heavy (non-hydrogen) atoms. The van der Waals surface area contributed by atoms with Crippen LogP contribution in [0.15, 0.2) is 30.6 Å². The maximum atomic E-state index is 12.5. The molecular formula is C16H19N3O. The first-order chi connectivity index (χ1) is 9.63. The van der Waals surface area contributed by atoms with E-state index in [-0.39, 0.29) is 5.91 Å². The topological polar surface area (TPSA) is 38.1 Å². The van der Waals surface area contributed by atoms with Gasteiger partial charge in [-0.15, -0.1) is 0 Å². The highest BCUT2D eigenvalue weighted by atomic mass is 16.2. The Kier molecular flexibility index (Phi) is 3.30. The van der Waals surface area contributed by atoms with Crippen molar-refractivity contribution in [2.45, 2.75) is 25.8 Å². The molecule has 0 fully saturated rings. The Labute approximate surface area is 119 Å². The molecule has 104 valence electrons. The summed E-state index contributed by atoms with van der Waals surface area (Å²) < 4.78 is 1.75. The zero-order valence-electron chi connectivity index (χ0n) is 12.0. The Morgan fingerprint density at radius 3 is 2.90 bits per heavy atom. The van der Waals surface area contributed by atoms with Crippen LogP contribution >= 0.6 is 0 Å². The normalized spacial score (nSPS) is 13.3. The molecule has 0 saturated carbocycles. The summed E-state index contributed by atoms with van der Waals surface area (Å²) in [5, 5.41) is 4.13. The van der Waals surface area contributed by atoms with Crippen molar-refractivity contribution in [3.63, 3.8) is 0 Å². The molecule has 0 N–H and O–H groups in total. The van der Waals surface area contributed by atoms with Gasteiger partial charge < -0.3 is 4.90 Å². The third-order valence-corrected chi connectivity index (χ3v) is 3.87. The largest absolute Gasteiger partial charge is 0.337 e. The standard InChI is InChI=1S/C16H19N3O/c1-18(10-12-9-17-19(2)11-12)16(20)15-7-6-13-4-3-5-14(13)8-15/h6-9,11H,3-5,10H2,1-2H3. The third-order valence-electron chi connectivity index (χ3n) is 3.87. The molecular weight excluding hydrogens is 250 g/mol. The number of aromatic nitrogens is 2. The zero-order chi connectivity index (χ0) is 14.1. The molecule has 0 radical (unpaired) electrons. The van der Waals surface area contributed by atoms with Crippen LogP contribution in [0.25, 0.3) is 0 Å². The number of carbonyl (C=O) groups is 1. The fraction of sp³-hybridized carbons (Fsp3) is 0.375. The van der Waals surface area contributed by atoms with Crippen molar-refractivity contribution in [3.05, 3.63) is 52.8 Å². The second-order valence-corrected chi connectivity index (χ2v) is 5.52. The zero-order valence-corrected chi connectivity index (χ0v) is 12.0. The smallest absolute Gasteiger partial charge is 0.253 e. The van der Waals surface area contributed by atoms with E-state index in [1.165, 1.54) is 17.5 Å². The van der Waals surface area contributed by atoms with E-state index >= 15 is 0 Å². The minimum atomic E-state index is 0.0727. The van der Waals surface area contributed by atoms with Crippen LogP contribution in [-0.2, 0) is 26.4 Å². The summed E-state index contributed by atoms with van der Waals surface area (Å²) in [6.45, 7) is 0.587. The molecule has 4 heteroatoms. The van der Waals surface area contributed by atoms with Gasteiger partial charge in [-0.3, -0.25) is 9.48 Å². The summed E-state index contributed by atoms with van der Waals surface area (Å²) in [6, 6.07) is 6.12. The lowest BCUT2D eigenvalue weighted by atomic mass is 10.1.